The molecule has 37 heavy (non-hydrogen) atoms. The van der Waals surface area contributed by atoms with Gasteiger partial charge < -0.3 is 16.1 Å². The van der Waals surface area contributed by atoms with Crippen molar-refractivity contribution in [2.45, 2.75) is 66.1 Å². The molecule has 9 nitrogen and oxygen atoms in total. The van der Waals surface area contributed by atoms with E-state index in [1.165, 1.54) is 18.5 Å². The van der Waals surface area contributed by atoms with Crippen molar-refractivity contribution in [1.82, 2.24) is 19.7 Å². The Morgan fingerprint density at radius 2 is 1.86 bits per heavy atom. The molecule has 3 aromatic rings. The van der Waals surface area contributed by atoms with Crippen molar-refractivity contribution in [3.63, 3.8) is 0 Å². The zero-order valence-electron chi connectivity index (χ0n) is 21.9. The molecule has 1 amide bonds. The number of aliphatic imine (C=N–C) groups is 1. The summed E-state index contributed by atoms with van der Waals surface area (Å²) >= 11 is 0. The fourth-order valence-corrected chi connectivity index (χ4v) is 4.67. The van der Waals surface area contributed by atoms with Crippen LogP contribution < -0.4 is 11.3 Å². The van der Waals surface area contributed by atoms with Gasteiger partial charge in [-0.2, -0.15) is 5.10 Å². The molecular formula is C26H33F2N7O2. The van der Waals surface area contributed by atoms with Crippen LogP contribution in [0.2, 0.25) is 0 Å². The first-order chi connectivity index (χ1) is 17.2. The highest BCUT2D eigenvalue weighted by atomic mass is 19.1. The lowest BCUT2D eigenvalue weighted by Crippen LogP contribution is -2.42. The van der Waals surface area contributed by atoms with Gasteiger partial charge in [0.25, 0.3) is 11.5 Å². The Bertz CT molecular complexity index is 1420. The highest BCUT2D eigenvalue weighted by Crippen LogP contribution is 2.39. The summed E-state index contributed by atoms with van der Waals surface area (Å²) in [4.78, 5) is 36.0. The number of hydrogen-bond donors (Lipinski definition) is 3. The standard InChI is InChI=1S/C26H33F2N7O2/c1-14(35-22-21(19(11-27)34-35)23(36)33-16(3)32-22)17-7-9-18(10-8-17)25(4,5)13-26(6,20(30)12-28)24(37)31-15(2)29/h7-10,14,30H,11-13H2,1-6H3,(H2,29,31,37)(H,32,33,36). The molecule has 2 aromatic heterocycles. The highest BCUT2D eigenvalue weighted by molar-refractivity contribution is 6.10. The molecule has 2 unspecified atom stereocenters. The minimum Gasteiger partial charge on any atom is -0.387 e. The Morgan fingerprint density at radius 3 is 2.41 bits per heavy atom. The summed E-state index contributed by atoms with van der Waals surface area (Å²) in [5.41, 5.74) is 4.74. The predicted molar refractivity (Wildman–Crippen MR) is 140 cm³/mol. The van der Waals surface area contributed by atoms with Gasteiger partial charge in [-0.25, -0.2) is 23.4 Å². The summed E-state index contributed by atoms with van der Waals surface area (Å²) in [5.74, 6) is -0.202. The van der Waals surface area contributed by atoms with Crippen molar-refractivity contribution in [3.05, 3.63) is 57.3 Å². The summed E-state index contributed by atoms with van der Waals surface area (Å²) in [5, 5.41) is 12.6. The van der Waals surface area contributed by atoms with Gasteiger partial charge in [0.1, 0.15) is 30.3 Å². The quantitative estimate of drug-likeness (QED) is 0.292. The van der Waals surface area contributed by atoms with Gasteiger partial charge >= 0.3 is 0 Å². The Balaban J connectivity index is 1.97. The van der Waals surface area contributed by atoms with E-state index in [1.807, 2.05) is 45.0 Å². The van der Waals surface area contributed by atoms with Crippen LogP contribution in [0.1, 0.15) is 69.7 Å². The summed E-state index contributed by atoms with van der Waals surface area (Å²) in [6.07, 6.45) is 0.142. The number of alkyl halides is 2. The van der Waals surface area contributed by atoms with E-state index in [-0.39, 0.29) is 35.1 Å². The van der Waals surface area contributed by atoms with E-state index in [9.17, 15) is 18.4 Å². The number of rotatable bonds is 9. The number of fused-ring (bicyclic) bond motifs is 1. The molecule has 198 valence electrons. The van der Waals surface area contributed by atoms with Crippen LogP contribution in [0, 0.1) is 17.7 Å². The van der Waals surface area contributed by atoms with Crippen LogP contribution in [0.5, 0.6) is 0 Å². The Labute approximate surface area is 213 Å². The predicted octanol–water partition coefficient (Wildman–Crippen LogP) is 4.07. The number of hydrogen-bond acceptors (Lipinski definition) is 5. The van der Waals surface area contributed by atoms with E-state index in [4.69, 9.17) is 11.1 Å². The molecule has 0 fully saturated rings. The molecule has 0 aliphatic rings. The molecule has 0 bridgehead atoms. The third kappa shape index (κ3) is 5.35. The second-order valence-electron chi connectivity index (χ2n) is 10.2. The maximum Gasteiger partial charge on any atom is 0.262 e. The molecule has 0 saturated carbocycles. The summed E-state index contributed by atoms with van der Waals surface area (Å²) < 4.78 is 28.7. The van der Waals surface area contributed by atoms with Crippen molar-refractivity contribution in [1.29, 1.82) is 5.41 Å². The van der Waals surface area contributed by atoms with Crippen molar-refractivity contribution >= 4 is 28.5 Å². The molecular weight excluding hydrogens is 480 g/mol. The van der Waals surface area contributed by atoms with Gasteiger partial charge in [0.2, 0.25) is 0 Å². The summed E-state index contributed by atoms with van der Waals surface area (Å²) in [6.45, 7) is 8.37. The van der Waals surface area contributed by atoms with Gasteiger partial charge in [-0.3, -0.25) is 9.59 Å². The zero-order valence-corrected chi connectivity index (χ0v) is 21.9. The lowest BCUT2D eigenvalue weighted by Gasteiger charge is -2.35. The Hall–Kier alpha value is -3.76. The topological polar surface area (TPSA) is 143 Å². The fraction of sp³-hybridized carbons (Fsp3) is 0.462. The normalized spacial score (nSPS) is 15.0. The average molecular weight is 514 g/mol. The van der Waals surface area contributed by atoms with Crippen LogP contribution in [-0.2, 0) is 16.9 Å². The molecule has 3 rings (SSSR count). The van der Waals surface area contributed by atoms with E-state index < -0.39 is 35.6 Å². The summed E-state index contributed by atoms with van der Waals surface area (Å²) in [6, 6.07) is 7.18. The first-order valence-corrected chi connectivity index (χ1v) is 11.9. The summed E-state index contributed by atoms with van der Waals surface area (Å²) in [7, 11) is 0. The van der Waals surface area contributed by atoms with Crippen LogP contribution in [0.25, 0.3) is 11.0 Å². The molecule has 0 aliphatic carbocycles. The first-order valence-electron chi connectivity index (χ1n) is 11.9. The van der Waals surface area contributed by atoms with Crippen molar-refractivity contribution in [3.8, 4) is 0 Å². The molecule has 0 saturated heterocycles. The number of carbonyl (C=O) groups excluding carboxylic acids is 1. The van der Waals surface area contributed by atoms with E-state index in [0.717, 1.165) is 11.1 Å². The van der Waals surface area contributed by atoms with Crippen LogP contribution >= 0.6 is 0 Å². The number of halogens is 2. The molecule has 11 heteroatoms. The number of benzene rings is 1. The third-order valence-electron chi connectivity index (χ3n) is 6.77. The molecule has 2 atom stereocenters. The number of amides is 1. The second-order valence-corrected chi connectivity index (χ2v) is 10.2. The van der Waals surface area contributed by atoms with E-state index in [2.05, 4.69) is 20.1 Å². The minimum absolute atomic E-state index is 0.0305. The number of amidine groups is 1. The third-order valence-corrected chi connectivity index (χ3v) is 6.77. The van der Waals surface area contributed by atoms with Crippen molar-refractivity contribution in [2.75, 3.05) is 6.67 Å². The lowest BCUT2D eigenvalue weighted by atomic mass is 9.68. The van der Waals surface area contributed by atoms with Gasteiger partial charge in [-0.05, 0) is 50.7 Å². The number of aromatic amines is 1. The smallest absolute Gasteiger partial charge is 0.262 e. The highest BCUT2D eigenvalue weighted by Gasteiger charge is 2.43. The zero-order chi connectivity index (χ0) is 27.7. The van der Waals surface area contributed by atoms with Crippen LogP contribution in [0.15, 0.2) is 34.1 Å². The molecule has 0 aliphatic heterocycles. The van der Waals surface area contributed by atoms with Gasteiger partial charge in [0, 0.05) is 0 Å². The second kappa shape index (κ2) is 10.3. The average Bonchev–Trinajstić information content (AvgIpc) is 3.21. The first kappa shape index (κ1) is 27.8. The lowest BCUT2D eigenvalue weighted by molar-refractivity contribution is -0.124. The molecule has 0 radical (unpaired) electrons. The number of nitrogens with zero attached hydrogens (tertiary/aromatic N) is 4. The SMILES string of the molecule is CC(N)=NC(=O)C(C)(CC(C)(C)c1ccc(C(C)n2nc(CF)c3c(=O)[nH]c(C)nc32)cc1)C(=N)CF. The van der Waals surface area contributed by atoms with Crippen LogP contribution in [-0.4, -0.2) is 43.9 Å². The number of aryl methyl sites for hydroxylation is 1. The molecule has 0 spiro atoms. The van der Waals surface area contributed by atoms with Gasteiger partial charge in [-0.1, -0.05) is 38.1 Å². The maximum atomic E-state index is 13.6. The van der Waals surface area contributed by atoms with Crippen LogP contribution in [0.3, 0.4) is 0 Å². The van der Waals surface area contributed by atoms with Crippen molar-refractivity contribution < 1.29 is 13.6 Å². The number of carbonyl (C=O) groups is 1. The van der Waals surface area contributed by atoms with E-state index in [1.54, 1.807) is 6.92 Å². The number of nitrogens with one attached hydrogen (secondary N) is 2. The number of nitrogens with two attached hydrogens (primary N) is 1. The monoisotopic (exact) mass is 513 g/mol. The van der Waals surface area contributed by atoms with Crippen LogP contribution in [0.4, 0.5) is 8.78 Å². The molecule has 1 aromatic carbocycles. The van der Waals surface area contributed by atoms with Gasteiger partial charge in [-0.15, -0.1) is 0 Å². The van der Waals surface area contributed by atoms with E-state index >= 15 is 0 Å². The Kier molecular flexibility index (Phi) is 7.75. The number of H-pyrrole nitrogens is 1. The largest absolute Gasteiger partial charge is 0.387 e. The Morgan fingerprint density at radius 1 is 1.24 bits per heavy atom. The van der Waals surface area contributed by atoms with E-state index in [0.29, 0.717) is 11.5 Å². The van der Waals surface area contributed by atoms with Gasteiger partial charge in [0.05, 0.1) is 23.0 Å². The minimum atomic E-state index is -1.46. The molecule has 4 N–H and O–H groups in total. The number of aromatic nitrogens is 4. The maximum absolute atomic E-state index is 13.6. The molecule has 2 heterocycles. The fourth-order valence-electron chi connectivity index (χ4n) is 4.67. The van der Waals surface area contributed by atoms with Gasteiger partial charge in [0.15, 0.2) is 5.65 Å². The van der Waals surface area contributed by atoms with Crippen molar-refractivity contribution in [2.24, 2.45) is 16.1 Å².